The van der Waals surface area contributed by atoms with Crippen LogP contribution in [-0.4, -0.2) is 12.4 Å². The van der Waals surface area contributed by atoms with Gasteiger partial charge in [-0.25, -0.2) is 0 Å². The average Bonchev–Trinajstić information content (AvgIpc) is 2.16. The van der Waals surface area contributed by atoms with E-state index in [0.29, 0.717) is 11.3 Å². The Kier molecular flexibility index (Phi) is 4.46. The van der Waals surface area contributed by atoms with Gasteiger partial charge in [-0.15, -0.1) is 0 Å². The van der Waals surface area contributed by atoms with E-state index in [-0.39, 0.29) is 5.75 Å². The summed E-state index contributed by atoms with van der Waals surface area (Å²) < 4.78 is 28.3. The maximum atomic E-state index is 12.0. The molecule has 0 aliphatic rings. The van der Waals surface area contributed by atoms with Crippen LogP contribution < -0.4 is 4.74 Å². The van der Waals surface area contributed by atoms with E-state index in [4.69, 9.17) is 0 Å². The van der Waals surface area contributed by atoms with Crippen LogP contribution in [0.4, 0.5) is 8.78 Å². The standard InChI is InChI=1S/C10H10F2OS/c11-10(12)13-9-6-2-1-4-8(9)5-3-7-14/h1-6,10,14H,7H2. The van der Waals surface area contributed by atoms with Gasteiger partial charge < -0.3 is 4.74 Å². The van der Waals surface area contributed by atoms with Crippen molar-refractivity contribution in [2.75, 3.05) is 5.75 Å². The van der Waals surface area contributed by atoms with Crippen molar-refractivity contribution in [3.8, 4) is 5.75 Å². The SMILES string of the molecule is FC(F)Oc1ccccc1C=CCS. The van der Waals surface area contributed by atoms with Crippen molar-refractivity contribution < 1.29 is 13.5 Å². The topological polar surface area (TPSA) is 9.23 Å². The third-order valence-electron chi connectivity index (χ3n) is 1.54. The summed E-state index contributed by atoms with van der Waals surface area (Å²) in [5.41, 5.74) is 0.627. The molecule has 0 saturated carbocycles. The van der Waals surface area contributed by atoms with Crippen molar-refractivity contribution in [3.63, 3.8) is 0 Å². The van der Waals surface area contributed by atoms with Crippen molar-refractivity contribution in [2.24, 2.45) is 0 Å². The van der Waals surface area contributed by atoms with Gasteiger partial charge in [-0.3, -0.25) is 0 Å². The van der Waals surface area contributed by atoms with E-state index >= 15 is 0 Å². The van der Waals surface area contributed by atoms with E-state index in [1.165, 1.54) is 6.07 Å². The number of para-hydroxylation sites is 1. The minimum absolute atomic E-state index is 0.181. The van der Waals surface area contributed by atoms with Crippen LogP contribution in [0.15, 0.2) is 30.3 Å². The Balaban J connectivity index is 2.85. The molecular weight excluding hydrogens is 206 g/mol. The fraction of sp³-hybridized carbons (Fsp3) is 0.200. The molecule has 1 aromatic rings. The fourth-order valence-electron chi connectivity index (χ4n) is 1.00. The number of benzene rings is 1. The van der Waals surface area contributed by atoms with E-state index in [2.05, 4.69) is 17.4 Å². The van der Waals surface area contributed by atoms with Crippen molar-refractivity contribution >= 4 is 18.7 Å². The quantitative estimate of drug-likeness (QED) is 0.760. The molecule has 14 heavy (non-hydrogen) atoms. The predicted molar refractivity (Wildman–Crippen MR) is 56.0 cm³/mol. The highest BCUT2D eigenvalue weighted by atomic mass is 32.1. The molecule has 0 N–H and O–H groups in total. The molecule has 0 radical (unpaired) electrons. The molecule has 0 spiro atoms. The molecule has 1 aromatic carbocycles. The second-order valence-electron chi connectivity index (χ2n) is 2.50. The zero-order valence-electron chi connectivity index (χ0n) is 7.36. The Morgan fingerprint density at radius 1 is 1.36 bits per heavy atom. The molecule has 4 heteroatoms. The third kappa shape index (κ3) is 3.38. The van der Waals surface area contributed by atoms with Gasteiger partial charge in [0, 0.05) is 11.3 Å². The normalized spacial score (nSPS) is 11.1. The summed E-state index contributed by atoms with van der Waals surface area (Å²) in [5, 5.41) is 0. The largest absolute Gasteiger partial charge is 0.434 e. The number of hydrogen-bond acceptors (Lipinski definition) is 2. The van der Waals surface area contributed by atoms with Crippen LogP contribution in [0.1, 0.15) is 5.56 Å². The summed E-state index contributed by atoms with van der Waals surface area (Å²) in [4.78, 5) is 0. The lowest BCUT2D eigenvalue weighted by Crippen LogP contribution is -2.02. The molecule has 0 bridgehead atoms. The zero-order valence-corrected chi connectivity index (χ0v) is 8.25. The Bertz CT molecular complexity index is 313. The van der Waals surface area contributed by atoms with Crippen LogP contribution >= 0.6 is 12.6 Å². The van der Waals surface area contributed by atoms with Crippen molar-refractivity contribution in [2.45, 2.75) is 6.61 Å². The lowest BCUT2D eigenvalue weighted by Gasteiger charge is -2.06. The van der Waals surface area contributed by atoms with Crippen molar-refractivity contribution in [1.29, 1.82) is 0 Å². The van der Waals surface area contributed by atoms with Gasteiger partial charge in [0.05, 0.1) is 0 Å². The van der Waals surface area contributed by atoms with Crippen molar-refractivity contribution in [1.82, 2.24) is 0 Å². The van der Waals surface area contributed by atoms with Crippen LogP contribution in [0.2, 0.25) is 0 Å². The second-order valence-corrected chi connectivity index (χ2v) is 2.87. The molecule has 0 heterocycles. The second kappa shape index (κ2) is 5.65. The Morgan fingerprint density at radius 3 is 2.71 bits per heavy atom. The fourth-order valence-corrected chi connectivity index (χ4v) is 1.11. The lowest BCUT2D eigenvalue weighted by atomic mass is 10.2. The van der Waals surface area contributed by atoms with Gasteiger partial charge in [0.2, 0.25) is 0 Å². The Labute approximate surface area is 86.8 Å². The number of hydrogen-bond donors (Lipinski definition) is 1. The highest BCUT2D eigenvalue weighted by molar-refractivity contribution is 7.80. The van der Waals surface area contributed by atoms with Crippen LogP contribution in [0.5, 0.6) is 5.75 Å². The Morgan fingerprint density at radius 2 is 2.07 bits per heavy atom. The van der Waals surface area contributed by atoms with Gasteiger partial charge in [0.15, 0.2) is 0 Å². The number of rotatable bonds is 4. The third-order valence-corrected chi connectivity index (χ3v) is 1.75. The highest BCUT2D eigenvalue weighted by Crippen LogP contribution is 2.21. The summed E-state index contributed by atoms with van der Waals surface area (Å²) in [7, 11) is 0. The average molecular weight is 216 g/mol. The van der Waals surface area contributed by atoms with Gasteiger partial charge in [-0.2, -0.15) is 21.4 Å². The Hall–Kier alpha value is -1.03. The van der Waals surface area contributed by atoms with E-state index in [1.54, 1.807) is 30.4 Å². The first-order chi connectivity index (χ1) is 6.74. The molecule has 1 rings (SSSR count). The number of ether oxygens (including phenoxy) is 1. The summed E-state index contributed by atoms with van der Waals surface area (Å²) >= 11 is 3.98. The molecule has 0 fully saturated rings. The number of alkyl halides is 2. The molecule has 0 atom stereocenters. The first kappa shape index (κ1) is 11.0. The molecule has 0 saturated heterocycles. The minimum atomic E-state index is -2.79. The lowest BCUT2D eigenvalue weighted by molar-refractivity contribution is -0.0499. The summed E-state index contributed by atoms with van der Waals surface area (Å²) in [6, 6.07) is 6.62. The van der Waals surface area contributed by atoms with Crippen LogP contribution in [0.25, 0.3) is 6.08 Å². The van der Waals surface area contributed by atoms with E-state index in [9.17, 15) is 8.78 Å². The molecule has 0 unspecified atom stereocenters. The van der Waals surface area contributed by atoms with Crippen LogP contribution in [0, 0.1) is 0 Å². The highest BCUT2D eigenvalue weighted by Gasteiger charge is 2.06. The van der Waals surface area contributed by atoms with Gasteiger partial charge in [0.25, 0.3) is 0 Å². The van der Waals surface area contributed by atoms with Crippen LogP contribution in [0.3, 0.4) is 0 Å². The van der Waals surface area contributed by atoms with Gasteiger partial charge in [0.1, 0.15) is 5.75 Å². The molecule has 0 amide bonds. The number of thiol groups is 1. The first-order valence-electron chi connectivity index (χ1n) is 4.05. The number of halogens is 2. The van der Waals surface area contributed by atoms with Crippen molar-refractivity contribution in [3.05, 3.63) is 35.9 Å². The summed E-state index contributed by atoms with van der Waals surface area (Å²) in [5.74, 6) is 0.740. The smallest absolute Gasteiger partial charge is 0.387 e. The first-order valence-corrected chi connectivity index (χ1v) is 4.68. The molecule has 1 nitrogen and oxygen atoms in total. The van der Waals surface area contributed by atoms with Gasteiger partial charge >= 0.3 is 6.61 Å². The van der Waals surface area contributed by atoms with E-state index in [0.717, 1.165) is 0 Å². The molecule has 0 aromatic heterocycles. The monoisotopic (exact) mass is 216 g/mol. The zero-order chi connectivity index (χ0) is 10.4. The van der Waals surface area contributed by atoms with Crippen LogP contribution in [-0.2, 0) is 0 Å². The summed E-state index contributed by atoms with van der Waals surface area (Å²) in [6.45, 7) is -2.79. The molecule has 76 valence electrons. The summed E-state index contributed by atoms with van der Waals surface area (Å²) in [6.07, 6.45) is 3.46. The predicted octanol–water partition coefficient (Wildman–Crippen LogP) is 3.23. The van der Waals surface area contributed by atoms with Gasteiger partial charge in [-0.05, 0) is 6.07 Å². The van der Waals surface area contributed by atoms with Gasteiger partial charge in [-0.1, -0.05) is 30.4 Å². The van der Waals surface area contributed by atoms with E-state index in [1.807, 2.05) is 0 Å². The maximum absolute atomic E-state index is 12.0. The molecule has 0 aliphatic carbocycles. The molecular formula is C10H10F2OS. The minimum Gasteiger partial charge on any atom is -0.434 e. The maximum Gasteiger partial charge on any atom is 0.387 e. The van der Waals surface area contributed by atoms with E-state index < -0.39 is 6.61 Å². The molecule has 0 aliphatic heterocycles.